The summed E-state index contributed by atoms with van der Waals surface area (Å²) in [6, 6.07) is 14.2. The molecule has 2 aromatic rings. The van der Waals surface area contributed by atoms with Gasteiger partial charge < -0.3 is 20.1 Å². The second-order valence-electron chi connectivity index (χ2n) is 5.04. The molecule has 2 rings (SSSR count). The van der Waals surface area contributed by atoms with Gasteiger partial charge in [0.25, 0.3) is 5.91 Å². The van der Waals surface area contributed by atoms with Gasteiger partial charge in [-0.15, -0.1) is 0 Å². The summed E-state index contributed by atoms with van der Waals surface area (Å²) in [5.41, 5.74) is 0.496. The third-order valence-corrected chi connectivity index (χ3v) is 3.80. The first-order valence-corrected chi connectivity index (χ1v) is 8.45. The Morgan fingerprint density at radius 1 is 1.00 bits per heavy atom. The highest BCUT2D eigenvalue weighted by molar-refractivity contribution is 9.10. The Balaban J connectivity index is 1.67. The first-order valence-electron chi connectivity index (χ1n) is 7.66. The van der Waals surface area contributed by atoms with Gasteiger partial charge in [0.2, 0.25) is 5.91 Å². The van der Waals surface area contributed by atoms with Crippen LogP contribution in [0.5, 0.6) is 11.5 Å². The van der Waals surface area contributed by atoms with Gasteiger partial charge in [-0.05, 0) is 36.4 Å². The zero-order valence-electron chi connectivity index (χ0n) is 13.8. The molecule has 0 saturated heterocycles. The highest BCUT2D eigenvalue weighted by Gasteiger charge is 2.08. The maximum Gasteiger partial charge on any atom is 0.251 e. The lowest BCUT2D eigenvalue weighted by atomic mass is 10.2. The van der Waals surface area contributed by atoms with Crippen LogP contribution in [0.3, 0.4) is 0 Å². The van der Waals surface area contributed by atoms with Gasteiger partial charge in [-0.3, -0.25) is 9.59 Å². The third kappa shape index (κ3) is 6.11. The Morgan fingerprint density at radius 2 is 1.68 bits per heavy atom. The first kappa shape index (κ1) is 18.8. The Morgan fingerprint density at radius 3 is 2.36 bits per heavy atom. The Labute approximate surface area is 154 Å². The number of para-hydroxylation sites is 2. The normalized spacial score (nSPS) is 10.0. The summed E-state index contributed by atoms with van der Waals surface area (Å²) in [6.07, 6.45) is 0. The number of amides is 2. The van der Waals surface area contributed by atoms with E-state index in [0.717, 1.165) is 4.47 Å². The lowest BCUT2D eigenvalue weighted by Crippen LogP contribution is -2.38. The molecule has 2 N–H and O–H groups in total. The first-order chi connectivity index (χ1) is 12.1. The number of ether oxygens (including phenoxy) is 2. The summed E-state index contributed by atoms with van der Waals surface area (Å²) in [6.45, 7) is 0.529. The SMILES string of the molecule is COc1ccccc1OCCNC(=O)CNC(=O)c1ccc(Br)cc1. The fourth-order valence-electron chi connectivity index (χ4n) is 2.02. The van der Waals surface area contributed by atoms with Crippen molar-refractivity contribution in [2.75, 3.05) is 26.8 Å². The van der Waals surface area contributed by atoms with Crippen LogP contribution in [0.2, 0.25) is 0 Å². The molecule has 25 heavy (non-hydrogen) atoms. The molecule has 0 radical (unpaired) electrons. The van der Waals surface area contributed by atoms with Gasteiger partial charge in [-0.2, -0.15) is 0 Å². The van der Waals surface area contributed by atoms with E-state index in [2.05, 4.69) is 26.6 Å². The number of hydrogen-bond donors (Lipinski definition) is 2. The van der Waals surface area contributed by atoms with Crippen LogP contribution in [-0.2, 0) is 4.79 Å². The second-order valence-corrected chi connectivity index (χ2v) is 5.95. The molecule has 2 amide bonds. The van der Waals surface area contributed by atoms with E-state index < -0.39 is 0 Å². The molecule has 0 fully saturated rings. The van der Waals surface area contributed by atoms with Gasteiger partial charge in [0.15, 0.2) is 11.5 Å². The molecule has 7 heteroatoms. The van der Waals surface area contributed by atoms with Crippen LogP contribution in [0.15, 0.2) is 53.0 Å². The molecule has 0 aromatic heterocycles. The minimum atomic E-state index is -0.298. The number of nitrogens with one attached hydrogen (secondary N) is 2. The van der Waals surface area contributed by atoms with Crippen molar-refractivity contribution in [1.29, 1.82) is 0 Å². The minimum Gasteiger partial charge on any atom is -0.493 e. The number of carbonyl (C=O) groups is 2. The summed E-state index contributed by atoms with van der Waals surface area (Å²) in [4.78, 5) is 23.7. The molecular weight excluding hydrogens is 388 g/mol. The summed E-state index contributed by atoms with van der Waals surface area (Å²) in [7, 11) is 1.57. The highest BCUT2D eigenvalue weighted by atomic mass is 79.9. The molecule has 0 aliphatic carbocycles. The van der Waals surface area contributed by atoms with Crippen LogP contribution in [0.25, 0.3) is 0 Å². The Hall–Kier alpha value is -2.54. The molecule has 2 aromatic carbocycles. The number of hydrogen-bond acceptors (Lipinski definition) is 4. The average molecular weight is 407 g/mol. The molecule has 0 bridgehead atoms. The van der Waals surface area contributed by atoms with Crippen LogP contribution in [-0.4, -0.2) is 38.6 Å². The van der Waals surface area contributed by atoms with Gasteiger partial charge in [0, 0.05) is 10.0 Å². The molecule has 6 nitrogen and oxygen atoms in total. The van der Waals surface area contributed by atoms with E-state index in [-0.39, 0.29) is 18.4 Å². The third-order valence-electron chi connectivity index (χ3n) is 3.27. The van der Waals surface area contributed by atoms with Crippen molar-refractivity contribution in [2.24, 2.45) is 0 Å². The van der Waals surface area contributed by atoms with E-state index in [1.807, 2.05) is 12.1 Å². The summed E-state index contributed by atoms with van der Waals surface area (Å²) in [5, 5.41) is 5.25. The second kappa shape index (κ2) is 9.68. The minimum absolute atomic E-state index is 0.0937. The van der Waals surface area contributed by atoms with Crippen molar-refractivity contribution < 1.29 is 19.1 Å². The lowest BCUT2D eigenvalue weighted by Gasteiger charge is -2.11. The standard InChI is InChI=1S/C18H19BrN2O4/c1-24-15-4-2-3-5-16(15)25-11-10-20-17(22)12-21-18(23)13-6-8-14(19)9-7-13/h2-9H,10-12H2,1H3,(H,20,22)(H,21,23). The van der Waals surface area contributed by atoms with Gasteiger partial charge in [0.1, 0.15) is 6.61 Å². The number of methoxy groups -OCH3 is 1. The van der Waals surface area contributed by atoms with Crippen LogP contribution in [0.4, 0.5) is 0 Å². The van der Waals surface area contributed by atoms with E-state index in [1.165, 1.54) is 0 Å². The molecule has 0 heterocycles. The quantitative estimate of drug-likeness (QED) is 0.659. The van der Waals surface area contributed by atoms with Crippen molar-refractivity contribution in [3.8, 4) is 11.5 Å². The van der Waals surface area contributed by atoms with Crippen molar-refractivity contribution in [3.05, 3.63) is 58.6 Å². The number of halogens is 1. The zero-order chi connectivity index (χ0) is 18.1. The zero-order valence-corrected chi connectivity index (χ0v) is 15.3. The van der Waals surface area contributed by atoms with Crippen molar-refractivity contribution in [3.63, 3.8) is 0 Å². The molecule has 0 aliphatic heterocycles. The maximum absolute atomic E-state index is 11.9. The molecule has 0 aliphatic rings. The van der Waals surface area contributed by atoms with Crippen molar-refractivity contribution in [1.82, 2.24) is 10.6 Å². The largest absolute Gasteiger partial charge is 0.493 e. The van der Waals surface area contributed by atoms with Gasteiger partial charge >= 0.3 is 0 Å². The highest BCUT2D eigenvalue weighted by Crippen LogP contribution is 2.25. The van der Waals surface area contributed by atoms with Crippen LogP contribution >= 0.6 is 15.9 Å². The Bertz CT molecular complexity index is 719. The summed E-state index contributed by atoms with van der Waals surface area (Å²) >= 11 is 3.30. The van der Waals surface area contributed by atoms with Crippen LogP contribution < -0.4 is 20.1 Å². The summed E-state index contributed by atoms with van der Waals surface area (Å²) < 4.78 is 11.6. The predicted octanol–water partition coefficient (Wildman–Crippen LogP) is 2.38. The van der Waals surface area contributed by atoms with Gasteiger partial charge in [-0.1, -0.05) is 28.1 Å². The van der Waals surface area contributed by atoms with Crippen molar-refractivity contribution >= 4 is 27.7 Å². The molecule has 0 unspecified atom stereocenters. The van der Waals surface area contributed by atoms with E-state index in [0.29, 0.717) is 30.2 Å². The van der Waals surface area contributed by atoms with E-state index in [9.17, 15) is 9.59 Å². The lowest BCUT2D eigenvalue weighted by molar-refractivity contribution is -0.120. The molecule has 0 saturated carbocycles. The number of rotatable bonds is 8. The topological polar surface area (TPSA) is 76.7 Å². The predicted molar refractivity (Wildman–Crippen MR) is 98.0 cm³/mol. The summed E-state index contributed by atoms with van der Waals surface area (Å²) in [5.74, 6) is 0.667. The Kier molecular flexibility index (Phi) is 7.28. The van der Waals surface area contributed by atoms with Crippen LogP contribution in [0.1, 0.15) is 10.4 Å². The molecular formula is C18H19BrN2O4. The van der Waals surface area contributed by atoms with E-state index in [1.54, 1.807) is 43.5 Å². The average Bonchev–Trinajstić information content (AvgIpc) is 2.64. The monoisotopic (exact) mass is 406 g/mol. The van der Waals surface area contributed by atoms with E-state index in [4.69, 9.17) is 9.47 Å². The van der Waals surface area contributed by atoms with Gasteiger partial charge in [0.05, 0.1) is 20.2 Å². The molecule has 0 spiro atoms. The van der Waals surface area contributed by atoms with E-state index >= 15 is 0 Å². The van der Waals surface area contributed by atoms with Crippen molar-refractivity contribution in [2.45, 2.75) is 0 Å². The fraction of sp³-hybridized carbons (Fsp3) is 0.222. The number of benzene rings is 2. The number of carbonyl (C=O) groups excluding carboxylic acids is 2. The molecule has 132 valence electrons. The van der Waals surface area contributed by atoms with Gasteiger partial charge in [-0.25, -0.2) is 0 Å². The van der Waals surface area contributed by atoms with Crippen LogP contribution in [0, 0.1) is 0 Å². The fourth-order valence-corrected chi connectivity index (χ4v) is 2.28. The smallest absolute Gasteiger partial charge is 0.251 e. The molecule has 0 atom stereocenters. The maximum atomic E-state index is 11.9.